The van der Waals surface area contributed by atoms with Gasteiger partial charge in [0.15, 0.2) is 0 Å². The minimum Gasteiger partial charge on any atom is -0.385 e. The van der Waals surface area contributed by atoms with Crippen molar-refractivity contribution in [3.05, 3.63) is 34.3 Å². The highest BCUT2D eigenvalue weighted by atomic mass is 79.9. The molecule has 1 atom stereocenters. The Morgan fingerprint density at radius 1 is 1.53 bits per heavy atom. The van der Waals surface area contributed by atoms with Crippen LogP contribution < -0.4 is 5.73 Å². The van der Waals surface area contributed by atoms with Crippen molar-refractivity contribution >= 4 is 21.8 Å². The molecule has 1 unspecified atom stereocenters. The zero-order valence-corrected chi connectivity index (χ0v) is 10.2. The molecule has 15 heavy (non-hydrogen) atoms. The first-order valence-electron chi connectivity index (χ1n) is 4.99. The second-order valence-electron chi connectivity index (χ2n) is 3.86. The summed E-state index contributed by atoms with van der Waals surface area (Å²) in [6, 6.07) is 8.19. The van der Waals surface area contributed by atoms with Crippen LogP contribution in [0, 0.1) is 5.92 Å². The number of halogens is 1. The highest BCUT2D eigenvalue weighted by molar-refractivity contribution is 9.10. The van der Waals surface area contributed by atoms with Crippen LogP contribution >= 0.6 is 15.9 Å². The van der Waals surface area contributed by atoms with Gasteiger partial charge in [-0.05, 0) is 11.6 Å². The zero-order valence-electron chi connectivity index (χ0n) is 8.65. The molecule has 0 fully saturated rings. The topological polar surface area (TPSA) is 41.6 Å². The Kier molecular flexibility index (Phi) is 2.95. The molecule has 0 saturated heterocycles. The van der Waals surface area contributed by atoms with E-state index < -0.39 is 0 Å². The van der Waals surface area contributed by atoms with Crippen LogP contribution in [0.5, 0.6) is 0 Å². The Labute approximate surface area is 98.1 Å². The maximum absolute atomic E-state index is 5.76. The maximum atomic E-state index is 5.76. The molecule has 0 amide bonds. The van der Waals surface area contributed by atoms with Crippen LogP contribution in [-0.4, -0.2) is 17.4 Å². The number of hydrogen-bond acceptors (Lipinski definition) is 3. The Morgan fingerprint density at radius 2 is 2.27 bits per heavy atom. The van der Waals surface area contributed by atoms with Gasteiger partial charge in [0.2, 0.25) is 0 Å². The quantitative estimate of drug-likeness (QED) is 0.893. The monoisotopic (exact) mass is 267 g/mol. The van der Waals surface area contributed by atoms with E-state index in [1.165, 1.54) is 5.56 Å². The summed E-state index contributed by atoms with van der Waals surface area (Å²) in [5, 5.41) is 6.33. The first-order chi connectivity index (χ1) is 7.16. The molecule has 0 bridgehead atoms. The van der Waals surface area contributed by atoms with Crippen LogP contribution in [0.25, 0.3) is 0 Å². The highest BCUT2D eigenvalue weighted by Crippen LogP contribution is 2.20. The highest BCUT2D eigenvalue weighted by Gasteiger charge is 2.20. The van der Waals surface area contributed by atoms with Crippen LogP contribution in [0.2, 0.25) is 0 Å². The molecular formula is C11H14BrN3. The third-order valence-corrected chi connectivity index (χ3v) is 3.33. The molecule has 2 rings (SSSR count). The van der Waals surface area contributed by atoms with Gasteiger partial charge < -0.3 is 5.73 Å². The van der Waals surface area contributed by atoms with Gasteiger partial charge in [0, 0.05) is 16.9 Å². The summed E-state index contributed by atoms with van der Waals surface area (Å²) < 4.78 is 1.12. The molecule has 1 heterocycles. The second kappa shape index (κ2) is 4.23. The van der Waals surface area contributed by atoms with Crippen molar-refractivity contribution in [2.75, 3.05) is 6.54 Å². The normalized spacial score (nSPS) is 20.5. The van der Waals surface area contributed by atoms with Crippen molar-refractivity contribution < 1.29 is 0 Å². The van der Waals surface area contributed by atoms with E-state index in [4.69, 9.17) is 5.73 Å². The average molecular weight is 268 g/mol. The summed E-state index contributed by atoms with van der Waals surface area (Å²) in [4.78, 5) is 0. The second-order valence-corrected chi connectivity index (χ2v) is 4.72. The SMILES string of the molecule is CC1CN(Cc2ccccc2Br)N=C1N. The molecule has 3 nitrogen and oxygen atoms in total. The third kappa shape index (κ3) is 2.31. The van der Waals surface area contributed by atoms with Gasteiger partial charge in [0.25, 0.3) is 0 Å². The average Bonchev–Trinajstić information content (AvgIpc) is 2.50. The first kappa shape index (κ1) is 10.5. The molecule has 80 valence electrons. The number of benzene rings is 1. The lowest BCUT2D eigenvalue weighted by Crippen LogP contribution is -2.20. The van der Waals surface area contributed by atoms with E-state index in [1.807, 2.05) is 23.2 Å². The summed E-state index contributed by atoms with van der Waals surface area (Å²) >= 11 is 3.53. The number of hydrazone groups is 1. The van der Waals surface area contributed by atoms with Gasteiger partial charge in [-0.1, -0.05) is 41.1 Å². The van der Waals surface area contributed by atoms with Crippen molar-refractivity contribution in [1.29, 1.82) is 0 Å². The molecule has 1 aromatic carbocycles. The van der Waals surface area contributed by atoms with E-state index in [0.717, 1.165) is 23.4 Å². The van der Waals surface area contributed by atoms with Crippen LogP contribution in [0.3, 0.4) is 0 Å². The fraction of sp³-hybridized carbons (Fsp3) is 0.364. The number of hydrogen-bond donors (Lipinski definition) is 1. The van der Waals surface area contributed by atoms with Gasteiger partial charge in [-0.15, -0.1) is 0 Å². The Hall–Kier alpha value is -1.03. The van der Waals surface area contributed by atoms with Gasteiger partial charge >= 0.3 is 0 Å². The molecule has 0 radical (unpaired) electrons. The van der Waals surface area contributed by atoms with Crippen molar-refractivity contribution in [2.24, 2.45) is 16.8 Å². The predicted octanol–water partition coefficient (Wildman–Crippen LogP) is 2.17. The lowest BCUT2D eigenvalue weighted by Gasteiger charge is -2.15. The van der Waals surface area contributed by atoms with Crippen LogP contribution in [0.15, 0.2) is 33.8 Å². The predicted molar refractivity (Wildman–Crippen MR) is 65.3 cm³/mol. The molecule has 1 aliphatic rings. The lowest BCUT2D eigenvalue weighted by atomic mass is 10.1. The third-order valence-electron chi connectivity index (χ3n) is 2.56. The van der Waals surface area contributed by atoms with Gasteiger partial charge in [-0.3, -0.25) is 5.01 Å². The molecule has 0 aliphatic carbocycles. The van der Waals surface area contributed by atoms with Gasteiger partial charge in [-0.25, -0.2) is 0 Å². The Morgan fingerprint density at radius 3 is 2.87 bits per heavy atom. The largest absolute Gasteiger partial charge is 0.385 e. The van der Waals surface area contributed by atoms with E-state index in [0.29, 0.717) is 5.92 Å². The van der Waals surface area contributed by atoms with E-state index in [2.05, 4.69) is 34.0 Å². The van der Waals surface area contributed by atoms with E-state index in [-0.39, 0.29) is 0 Å². The lowest BCUT2D eigenvalue weighted by molar-refractivity contribution is 0.291. The Balaban J connectivity index is 2.08. The van der Waals surface area contributed by atoms with E-state index >= 15 is 0 Å². The van der Waals surface area contributed by atoms with E-state index in [1.54, 1.807) is 0 Å². The minimum atomic E-state index is 0.368. The molecule has 0 spiro atoms. The fourth-order valence-corrected chi connectivity index (χ4v) is 2.05. The summed E-state index contributed by atoms with van der Waals surface area (Å²) in [5.74, 6) is 1.11. The number of nitrogens with two attached hydrogens (primary N) is 1. The van der Waals surface area contributed by atoms with Gasteiger partial charge in [-0.2, -0.15) is 5.10 Å². The molecule has 0 aromatic heterocycles. The summed E-state index contributed by atoms with van der Waals surface area (Å²) in [7, 11) is 0. The first-order valence-corrected chi connectivity index (χ1v) is 5.78. The number of amidine groups is 1. The van der Waals surface area contributed by atoms with Crippen molar-refractivity contribution in [1.82, 2.24) is 5.01 Å². The molecule has 4 heteroatoms. The molecule has 0 saturated carbocycles. The van der Waals surface area contributed by atoms with Crippen LogP contribution in [-0.2, 0) is 6.54 Å². The molecule has 2 N–H and O–H groups in total. The number of nitrogens with zero attached hydrogens (tertiary/aromatic N) is 2. The van der Waals surface area contributed by atoms with Crippen LogP contribution in [0.4, 0.5) is 0 Å². The molecular weight excluding hydrogens is 254 g/mol. The van der Waals surface area contributed by atoms with Gasteiger partial charge in [0.1, 0.15) is 5.84 Å². The maximum Gasteiger partial charge on any atom is 0.124 e. The summed E-state index contributed by atoms with van der Waals surface area (Å²) in [5.41, 5.74) is 7.00. The van der Waals surface area contributed by atoms with E-state index in [9.17, 15) is 0 Å². The van der Waals surface area contributed by atoms with Crippen LogP contribution in [0.1, 0.15) is 12.5 Å². The summed E-state index contributed by atoms with van der Waals surface area (Å²) in [6.07, 6.45) is 0. The zero-order chi connectivity index (χ0) is 10.8. The summed E-state index contributed by atoms with van der Waals surface area (Å²) in [6.45, 7) is 3.82. The minimum absolute atomic E-state index is 0.368. The fourth-order valence-electron chi connectivity index (χ4n) is 1.64. The Bertz CT molecular complexity index is 389. The smallest absolute Gasteiger partial charge is 0.124 e. The molecule has 1 aliphatic heterocycles. The molecule has 1 aromatic rings. The standard InChI is InChI=1S/C11H14BrN3/c1-8-6-15(14-11(8)13)7-9-4-2-3-5-10(9)12/h2-5,8H,6-7H2,1H3,(H2,13,14). The van der Waals surface area contributed by atoms with Gasteiger partial charge in [0.05, 0.1) is 6.54 Å². The van der Waals surface area contributed by atoms with Crippen molar-refractivity contribution in [3.8, 4) is 0 Å². The van der Waals surface area contributed by atoms with Crippen molar-refractivity contribution in [3.63, 3.8) is 0 Å². The van der Waals surface area contributed by atoms with Crippen molar-refractivity contribution in [2.45, 2.75) is 13.5 Å². The number of rotatable bonds is 2.